The lowest BCUT2D eigenvalue weighted by atomic mass is 10.1. The molecule has 0 saturated carbocycles. The fraction of sp³-hybridized carbons (Fsp3) is 0.385. The highest BCUT2D eigenvalue weighted by atomic mass is 14.0. The molecule has 0 unspecified atom stereocenters. The SMILES string of the molecule is [C]1=C/C=C/C=C\C=C\C=C\C=C\C=C/C=C/CCCCCCCCCC/1. The molecule has 1 aliphatic rings. The summed E-state index contributed by atoms with van der Waals surface area (Å²) in [6.45, 7) is 0. The van der Waals surface area contributed by atoms with Crippen molar-refractivity contribution in [3.63, 3.8) is 0 Å². The van der Waals surface area contributed by atoms with E-state index in [1.54, 1.807) is 0 Å². The molecule has 0 aromatic carbocycles. The summed E-state index contributed by atoms with van der Waals surface area (Å²) in [6.07, 6.45) is 47.5. The molecule has 139 valence electrons. The third-order valence-corrected chi connectivity index (χ3v) is 4.13. The second-order valence-corrected chi connectivity index (χ2v) is 6.48. The van der Waals surface area contributed by atoms with Gasteiger partial charge in [-0.1, -0.05) is 130 Å². The second-order valence-electron chi connectivity index (χ2n) is 6.48. The largest absolute Gasteiger partial charge is 0.0845 e. The van der Waals surface area contributed by atoms with E-state index in [0.29, 0.717) is 0 Å². The Bertz CT molecular complexity index is 482. The van der Waals surface area contributed by atoms with Crippen molar-refractivity contribution in [3.8, 4) is 0 Å². The topological polar surface area (TPSA) is 0 Å². The average molecular weight is 348 g/mol. The number of rotatable bonds is 0. The standard InChI is InChI=1S/C26H35/c1-2-4-6-8-10-12-14-16-18-20-22-24-26-25-23-21-19-17-15-13-11-9-7-5-3-1/h1-15H,16,18-26H2/b2-1+,5-3+,6-4+,9-7-,10-8-,13-11+,14-12+,17-15?. The van der Waals surface area contributed by atoms with Gasteiger partial charge in [0.2, 0.25) is 0 Å². The first-order valence-electron chi connectivity index (χ1n) is 10.2. The van der Waals surface area contributed by atoms with E-state index in [0.717, 1.165) is 6.42 Å². The molecule has 1 aliphatic carbocycles. The summed E-state index contributed by atoms with van der Waals surface area (Å²) in [4.78, 5) is 0. The molecule has 26 heavy (non-hydrogen) atoms. The predicted molar refractivity (Wildman–Crippen MR) is 118 cm³/mol. The molecule has 0 heteroatoms. The van der Waals surface area contributed by atoms with Crippen molar-refractivity contribution in [2.45, 2.75) is 64.2 Å². The second kappa shape index (κ2) is 19.2. The van der Waals surface area contributed by atoms with E-state index < -0.39 is 0 Å². The highest BCUT2D eigenvalue weighted by Gasteiger charge is 1.91. The van der Waals surface area contributed by atoms with Crippen LogP contribution < -0.4 is 0 Å². The average Bonchev–Trinajstić information content (AvgIpc) is 2.65. The van der Waals surface area contributed by atoms with Crippen molar-refractivity contribution in [2.75, 3.05) is 0 Å². The van der Waals surface area contributed by atoms with Crippen LogP contribution in [0.4, 0.5) is 0 Å². The van der Waals surface area contributed by atoms with Crippen LogP contribution in [0.5, 0.6) is 0 Å². The van der Waals surface area contributed by atoms with Gasteiger partial charge in [-0.2, -0.15) is 0 Å². The molecule has 0 aromatic rings. The summed E-state index contributed by atoms with van der Waals surface area (Å²) in [6, 6.07) is 0. The van der Waals surface area contributed by atoms with Crippen LogP contribution in [0.3, 0.4) is 0 Å². The monoisotopic (exact) mass is 347 g/mol. The van der Waals surface area contributed by atoms with E-state index in [9.17, 15) is 0 Å². The van der Waals surface area contributed by atoms with Gasteiger partial charge in [0.25, 0.3) is 0 Å². The molecule has 0 spiro atoms. The van der Waals surface area contributed by atoms with Gasteiger partial charge in [-0.05, 0) is 31.8 Å². The molecule has 0 heterocycles. The minimum Gasteiger partial charge on any atom is -0.0845 e. The number of hydrogen-bond acceptors (Lipinski definition) is 0. The Balaban J connectivity index is 2.39. The van der Waals surface area contributed by atoms with Gasteiger partial charge in [0.1, 0.15) is 0 Å². The highest BCUT2D eigenvalue weighted by Crippen LogP contribution is 2.11. The van der Waals surface area contributed by atoms with Gasteiger partial charge >= 0.3 is 0 Å². The molecule has 1 radical (unpaired) electrons. The fourth-order valence-corrected chi connectivity index (χ4v) is 2.64. The number of hydrogen-bond donors (Lipinski definition) is 0. The Hall–Kier alpha value is -2.08. The van der Waals surface area contributed by atoms with E-state index in [1.807, 2.05) is 60.8 Å². The molecule has 0 saturated heterocycles. The summed E-state index contributed by atoms with van der Waals surface area (Å²) < 4.78 is 0. The normalized spacial score (nSPS) is 28.9. The Morgan fingerprint density at radius 3 is 1.38 bits per heavy atom. The molecular weight excluding hydrogens is 312 g/mol. The Morgan fingerprint density at radius 2 is 0.808 bits per heavy atom. The zero-order valence-electron chi connectivity index (χ0n) is 16.2. The van der Waals surface area contributed by atoms with E-state index in [-0.39, 0.29) is 0 Å². The van der Waals surface area contributed by atoms with Gasteiger partial charge in [-0.25, -0.2) is 0 Å². The molecule has 1 rings (SSSR count). The van der Waals surface area contributed by atoms with Crippen LogP contribution >= 0.6 is 0 Å². The maximum atomic E-state index is 3.35. The van der Waals surface area contributed by atoms with E-state index >= 15 is 0 Å². The molecule has 0 aliphatic heterocycles. The van der Waals surface area contributed by atoms with E-state index in [2.05, 4.69) is 36.5 Å². The first-order chi connectivity index (χ1) is 13.0. The molecule has 0 aromatic heterocycles. The van der Waals surface area contributed by atoms with Gasteiger partial charge in [0, 0.05) is 0 Å². The first-order valence-corrected chi connectivity index (χ1v) is 10.2. The van der Waals surface area contributed by atoms with Gasteiger partial charge in [0.05, 0.1) is 0 Å². The van der Waals surface area contributed by atoms with Crippen LogP contribution in [0.25, 0.3) is 0 Å². The molecule has 0 atom stereocenters. The van der Waals surface area contributed by atoms with Crippen molar-refractivity contribution in [1.82, 2.24) is 0 Å². The Labute approximate surface area is 161 Å². The van der Waals surface area contributed by atoms with Gasteiger partial charge in [-0.15, -0.1) is 0 Å². The number of allylic oxidation sites excluding steroid dienone is 16. The predicted octanol–water partition coefficient (Wildman–Crippen LogP) is 8.15. The molecule has 0 fully saturated rings. The molecular formula is C26H35. The third kappa shape index (κ3) is 16.8. The fourth-order valence-electron chi connectivity index (χ4n) is 2.64. The molecule has 0 amide bonds. The lowest BCUT2D eigenvalue weighted by Crippen LogP contribution is -1.81. The molecule has 0 nitrogen and oxygen atoms in total. The van der Waals surface area contributed by atoms with Crippen LogP contribution in [0.15, 0.2) is 91.1 Å². The Kier molecular flexibility index (Phi) is 16.3. The van der Waals surface area contributed by atoms with Crippen LogP contribution in [0, 0.1) is 6.08 Å². The van der Waals surface area contributed by atoms with E-state index in [4.69, 9.17) is 0 Å². The summed E-state index contributed by atoms with van der Waals surface area (Å²) in [5.74, 6) is 0. The summed E-state index contributed by atoms with van der Waals surface area (Å²) >= 11 is 0. The maximum absolute atomic E-state index is 3.35. The summed E-state index contributed by atoms with van der Waals surface area (Å²) in [5.41, 5.74) is 0. The smallest absolute Gasteiger partial charge is 0.0276 e. The van der Waals surface area contributed by atoms with Crippen molar-refractivity contribution in [3.05, 3.63) is 97.2 Å². The zero-order valence-corrected chi connectivity index (χ0v) is 16.2. The van der Waals surface area contributed by atoms with Crippen LogP contribution in [-0.2, 0) is 0 Å². The lowest BCUT2D eigenvalue weighted by molar-refractivity contribution is 0.570. The lowest BCUT2D eigenvalue weighted by Gasteiger charge is -2.00. The van der Waals surface area contributed by atoms with Crippen molar-refractivity contribution < 1.29 is 0 Å². The van der Waals surface area contributed by atoms with Crippen LogP contribution in [-0.4, -0.2) is 0 Å². The zero-order chi connectivity index (χ0) is 18.4. The van der Waals surface area contributed by atoms with Crippen molar-refractivity contribution in [2.24, 2.45) is 0 Å². The van der Waals surface area contributed by atoms with Gasteiger partial charge in [0.15, 0.2) is 0 Å². The van der Waals surface area contributed by atoms with Gasteiger partial charge in [-0.3, -0.25) is 0 Å². The maximum Gasteiger partial charge on any atom is -0.0276 e. The minimum atomic E-state index is 1.08. The quantitative estimate of drug-likeness (QED) is 0.414. The summed E-state index contributed by atoms with van der Waals surface area (Å²) in [5, 5.41) is 0. The van der Waals surface area contributed by atoms with Crippen molar-refractivity contribution in [1.29, 1.82) is 0 Å². The van der Waals surface area contributed by atoms with Crippen molar-refractivity contribution >= 4 is 0 Å². The van der Waals surface area contributed by atoms with Gasteiger partial charge < -0.3 is 0 Å². The molecule has 0 N–H and O–H groups in total. The minimum absolute atomic E-state index is 1.08. The van der Waals surface area contributed by atoms with Crippen LogP contribution in [0.1, 0.15) is 64.2 Å². The highest BCUT2D eigenvalue weighted by molar-refractivity contribution is 5.21. The van der Waals surface area contributed by atoms with Crippen LogP contribution in [0.2, 0.25) is 0 Å². The molecule has 0 bridgehead atoms. The summed E-state index contributed by atoms with van der Waals surface area (Å²) in [7, 11) is 0. The van der Waals surface area contributed by atoms with E-state index in [1.165, 1.54) is 57.8 Å². The first kappa shape index (κ1) is 22.0. The Morgan fingerprint density at radius 1 is 0.385 bits per heavy atom. The third-order valence-electron chi connectivity index (χ3n) is 4.13.